The summed E-state index contributed by atoms with van der Waals surface area (Å²) >= 11 is 0. The number of benzene rings is 1. The molecule has 0 unspecified atom stereocenters. The highest BCUT2D eigenvalue weighted by Gasteiger charge is 2.23. The molecule has 1 aliphatic carbocycles. The molecule has 15 heavy (non-hydrogen) atoms. The number of carbonyl (C=O) groups is 1. The minimum Gasteiger partial charge on any atom is -0.289 e. The van der Waals surface area contributed by atoms with Gasteiger partial charge in [-0.2, -0.15) is 0 Å². The molecule has 0 aromatic heterocycles. The highest BCUT2D eigenvalue weighted by atomic mass is 16.1. The molecule has 0 saturated carbocycles. The van der Waals surface area contributed by atoms with Gasteiger partial charge in [-0.15, -0.1) is 0 Å². The quantitative estimate of drug-likeness (QED) is 0.491. The lowest BCUT2D eigenvalue weighted by molar-refractivity contribution is 0.103. The first-order chi connectivity index (χ1) is 7.22. The monoisotopic (exact) mass is 194 g/mol. The van der Waals surface area contributed by atoms with Gasteiger partial charge >= 0.3 is 0 Å². The Kier molecular flexibility index (Phi) is 2.59. The van der Waals surface area contributed by atoms with Crippen molar-refractivity contribution < 1.29 is 4.79 Å². The van der Waals surface area contributed by atoms with E-state index in [9.17, 15) is 4.79 Å². The summed E-state index contributed by atoms with van der Waals surface area (Å²) in [5, 5.41) is 0. The second kappa shape index (κ2) is 3.89. The fraction of sp³-hybridized carbons (Fsp3) is 0.154. The lowest BCUT2D eigenvalue weighted by Crippen LogP contribution is -2.03. The molecule has 0 amide bonds. The van der Waals surface area contributed by atoms with Crippen molar-refractivity contribution in [1.82, 2.24) is 0 Å². The number of rotatable bonds is 1. The molecule has 0 aliphatic heterocycles. The van der Waals surface area contributed by atoms with Crippen LogP contribution in [-0.4, -0.2) is 13.6 Å². The van der Waals surface area contributed by atoms with Crippen LogP contribution in [0, 0.1) is 0 Å². The van der Waals surface area contributed by atoms with Crippen molar-refractivity contribution in [3.63, 3.8) is 0 Å². The zero-order valence-corrected chi connectivity index (χ0v) is 8.66. The largest absolute Gasteiger partial charge is 0.289 e. The Morgan fingerprint density at radius 3 is 2.93 bits per heavy atom. The molecular formula is C13H11BO. The molecule has 1 aromatic carbocycles. The Hall–Kier alpha value is -1.57. The molecule has 2 radical (unpaired) electrons. The fourth-order valence-corrected chi connectivity index (χ4v) is 1.79. The molecule has 0 atom stereocenters. The van der Waals surface area contributed by atoms with Crippen LogP contribution in [0.2, 0.25) is 0 Å². The van der Waals surface area contributed by atoms with E-state index >= 15 is 0 Å². The van der Waals surface area contributed by atoms with E-state index in [1.807, 2.05) is 37.3 Å². The topological polar surface area (TPSA) is 17.1 Å². The van der Waals surface area contributed by atoms with Gasteiger partial charge in [-0.25, -0.2) is 0 Å². The van der Waals surface area contributed by atoms with Crippen LogP contribution in [-0.2, 0) is 6.42 Å². The van der Waals surface area contributed by atoms with Crippen LogP contribution in [0.4, 0.5) is 0 Å². The van der Waals surface area contributed by atoms with Gasteiger partial charge in [0.15, 0.2) is 5.78 Å². The molecule has 1 aliphatic rings. The molecule has 1 aromatic rings. The number of hydrogen-bond acceptors (Lipinski definition) is 1. The van der Waals surface area contributed by atoms with Crippen molar-refractivity contribution in [3.8, 4) is 0 Å². The number of hydrogen-bond donors (Lipinski definition) is 0. The zero-order chi connectivity index (χ0) is 10.8. The van der Waals surface area contributed by atoms with Crippen molar-refractivity contribution in [3.05, 3.63) is 53.1 Å². The molecule has 2 heteroatoms. The first-order valence-electron chi connectivity index (χ1n) is 4.97. The Morgan fingerprint density at radius 2 is 2.20 bits per heavy atom. The molecule has 0 N–H and O–H groups in total. The first-order valence-corrected chi connectivity index (χ1v) is 4.97. The third kappa shape index (κ3) is 1.80. The van der Waals surface area contributed by atoms with E-state index in [4.69, 9.17) is 7.85 Å². The summed E-state index contributed by atoms with van der Waals surface area (Å²) in [6.07, 6.45) is 6.38. The van der Waals surface area contributed by atoms with E-state index in [2.05, 4.69) is 0 Å². The highest BCUT2D eigenvalue weighted by Crippen LogP contribution is 2.25. The number of allylic oxidation sites excluding steroid dienone is 4. The van der Waals surface area contributed by atoms with Gasteiger partial charge in [-0.05, 0) is 12.5 Å². The van der Waals surface area contributed by atoms with Gasteiger partial charge in [0.1, 0.15) is 7.85 Å². The van der Waals surface area contributed by atoms with Gasteiger partial charge in [0.2, 0.25) is 0 Å². The van der Waals surface area contributed by atoms with Gasteiger partial charge in [0, 0.05) is 17.6 Å². The summed E-state index contributed by atoms with van der Waals surface area (Å²) in [5.41, 5.74) is 3.39. The van der Waals surface area contributed by atoms with E-state index in [0.29, 0.717) is 11.9 Å². The lowest BCUT2D eigenvalue weighted by Gasteiger charge is -1.97. The number of ketones is 1. The normalized spacial score (nSPS) is 17.7. The first kappa shape index (κ1) is 9.97. The Morgan fingerprint density at radius 1 is 1.40 bits per heavy atom. The minimum atomic E-state index is 0.128. The van der Waals surface area contributed by atoms with Crippen LogP contribution in [0.1, 0.15) is 22.8 Å². The maximum atomic E-state index is 11.9. The molecule has 0 heterocycles. The lowest BCUT2D eigenvalue weighted by atomic mass is 9.93. The van der Waals surface area contributed by atoms with Crippen molar-refractivity contribution in [2.75, 3.05) is 0 Å². The Bertz CT molecular complexity index is 469. The van der Waals surface area contributed by atoms with Crippen molar-refractivity contribution in [2.45, 2.75) is 13.3 Å². The summed E-state index contributed by atoms with van der Waals surface area (Å²) in [5.74, 6) is 0.128. The molecule has 72 valence electrons. The van der Waals surface area contributed by atoms with Gasteiger partial charge in [-0.1, -0.05) is 41.9 Å². The fourth-order valence-electron chi connectivity index (χ4n) is 1.79. The molecule has 1 nitrogen and oxygen atoms in total. The van der Waals surface area contributed by atoms with Crippen LogP contribution in [0.15, 0.2) is 42.0 Å². The van der Waals surface area contributed by atoms with E-state index < -0.39 is 0 Å². The molecule has 0 fully saturated rings. The smallest absolute Gasteiger partial charge is 0.189 e. The van der Waals surface area contributed by atoms with Gasteiger partial charge in [-0.3, -0.25) is 4.79 Å². The average molecular weight is 194 g/mol. The van der Waals surface area contributed by atoms with Gasteiger partial charge < -0.3 is 0 Å². The number of carbonyl (C=O) groups excluding carboxylic acids is 1. The van der Waals surface area contributed by atoms with Crippen molar-refractivity contribution in [2.24, 2.45) is 0 Å². The predicted octanol–water partition coefficient (Wildman–Crippen LogP) is 1.72. The van der Waals surface area contributed by atoms with E-state index in [1.165, 1.54) is 0 Å². The van der Waals surface area contributed by atoms with Crippen LogP contribution < -0.4 is 5.46 Å². The van der Waals surface area contributed by atoms with Crippen molar-refractivity contribution >= 4 is 19.1 Å². The van der Waals surface area contributed by atoms with Gasteiger partial charge in [0.25, 0.3) is 0 Å². The minimum absolute atomic E-state index is 0.128. The predicted molar refractivity (Wildman–Crippen MR) is 62.8 cm³/mol. The molecular weight excluding hydrogens is 183 g/mol. The molecule has 0 bridgehead atoms. The van der Waals surface area contributed by atoms with E-state index in [0.717, 1.165) is 16.7 Å². The van der Waals surface area contributed by atoms with Crippen LogP contribution in [0.25, 0.3) is 0 Å². The highest BCUT2D eigenvalue weighted by molar-refractivity contribution is 6.32. The van der Waals surface area contributed by atoms with E-state index in [-0.39, 0.29) is 5.78 Å². The van der Waals surface area contributed by atoms with Crippen molar-refractivity contribution in [1.29, 1.82) is 0 Å². The SMILES string of the molecule is [B]c1ccc2c(c1)C/C(=C\C=C/C)C2=O. The Balaban J connectivity index is 2.41. The average Bonchev–Trinajstić information content (AvgIpc) is 2.52. The van der Waals surface area contributed by atoms with Crippen LogP contribution >= 0.6 is 0 Å². The summed E-state index contributed by atoms with van der Waals surface area (Å²) in [4.78, 5) is 11.9. The molecule has 2 rings (SSSR count). The van der Waals surface area contributed by atoms with Crippen LogP contribution in [0.5, 0.6) is 0 Å². The van der Waals surface area contributed by atoms with Crippen LogP contribution in [0.3, 0.4) is 0 Å². The summed E-state index contributed by atoms with van der Waals surface area (Å²) in [7, 11) is 5.68. The molecule has 0 saturated heterocycles. The summed E-state index contributed by atoms with van der Waals surface area (Å²) in [6.45, 7) is 1.93. The second-order valence-corrected chi connectivity index (χ2v) is 3.64. The number of Topliss-reactive ketones (excluding diaryl/α,β-unsaturated/α-hetero) is 1. The second-order valence-electron chi connectivity index (χ2n) is 3.64. The summed E-state index contributed by atoms with van der Waals surface area (Å²) in [6, 6.07) is 5.46. The van der Waals surface area contributed by atoms with E-state index in [1.54, 1.807) is 6.07 Å². The van der Waals surface area contributed by atoms with Gasteiger partial charge in [0.05, 0.1) is 0 Å². The molecule has 0 spiro atoms. The maximum Gasteiger partial charge on any atom is 0.189 e. The zero-order valence-electron chi connectivity index (χ0n) is 8.66. The summed E-state index contributed by atoms with van der Waals surface area (Å²) < 4.78 is 0. The maximum absolute atomic E-state index is 11.9. The Labute approximate surface area is 90.9 Å². The standard InChI is InChI=1S/C13H11BO/c1-2-3-4-9-7-10-8-11(14)5-6-12(10)13(9)15/h2-6,8H,7H2,1H3/b3-2-,9-4+. The third-order valence-electron chi connectivity index (χ3n) is 2.54. The third-order valence-corrected chi connectivity index (χ3v) is 2.54. The number of fused-ring (bicyclic) bond motifs is 1.